The monoisotopic (exact) mass is 413 g/mol. The number of carbonyl (C=O) groups excluding carboxylic acids is 3. The molecular weight excluding hydrogens is 390 g/mol. The van der Waals surface area contributed by atoms with Gasteiger partial charge in [0.25, 0.3) is 11.8 Å². The van der Waals surface area contributed by atoms with Crippen LogP contribution in [0.2, 0.25) is 0 Å². The Labute approximate surface area is 180 Å². The van der Waals surface area contributed by atoms with Gasteiger partial charge in [-0.15, -0.1) is 0 Å². The summed E-state index contributed by atoms with van der Waals surface area (Å²) < 4.78 is 2.07. The molecule has 156 valence electrons. The molecule has 1 fully saturated rings. The Kier molecular flexibility index (Phi) is 5.07. The number of amides is 4. The van der Waals surface area contributed by atoms with Crippen molar-refractivity contribution in [1.82, 2.24) is 9.88 Å². The molecule has 0 bridgehead atoms. The van der Waals surface area contributed by atoms with Gasteiger partial charge in [0.15, 0.2) is 0 Å². The summed E-state index contributed by atoms with van der Waals surface area (Å²) in [6.45, 7) is 7.86. The summed E-state index contributed by atoms with van der Waals surface area (Å²) in [5.74, 6) is -1.34. The minimum atomic E-state index is -0.749. The van der Waals surface area contributed by atoms with Gasteiger partial charge < -0.3 is 4.57 Å². The van der Waals surface area contributed by atoms with Crippen LogP contribution < -0.4 is 10.2 Å². The van der Waals surface area contributed by atoms with Crippen molar-refractivity contribution in [3.8, 4) is 5.69 Å². The third-order valence-corrected chi connectivity index (χ3v) is 5.46. The van der Waals surface area contributed by atoms with Gasteiger partial charge in [-0.2, -0.15) is 0 Å². The normalized spacial score (nSPS) is 15.5. The molecule has 2 heterocycles. The Hall–Kier alpha value is -3.93. The van der Waals surface area contributed by atoms with E-state index in [4.69, 9.17) is 0 Å². The average molecular weight is 413 g/mol. The molecule has 4 amide bonds. The summed E-state index contributed by atoms with van der Waals surface area (Å²) in [6, 6.07) is 16.3. The summed E-state index contributed by atoms with van der Waals surface area (Å²) in [6.07, 6.45) is 1.55. The molecule has 0 saturated carbocycles. The lowest BCUT2D eigenvalue weighted by atomic mass is 10.1. The number of aromatic nitrogens is 1. The van der Waals surface area contributed by atoms with Crippen molar-refractivity contribution in [2.45, 2.75) is 27.7 Å². The first-order valence-electron chi connectivity index (χ1n) is 10.0. The number of urea groups is 1. The fourth-order valence-electron chi connectivity index (χ4n) is 3.77. The highest BCUT2D eigenvalue weighted by atomic mass is 16.2. The van der Waals surface area contributed by atoms with Crippen LogP contribution in [0.1, 0.15) is 28.1 Å². The molecule has 3 aromatic rings. The molecule has 1 aliphatic heterocycles. The van der Waals surface area contributed by atoms with Crippen molar-refractivity contribution in [3.05, 3.63) is 88.2 Å². The van der Waals surface area contributed by atoms with Crippen molar-refractivity contribution in [3.63, 3.8) is 0 Å². The summed E-state index contributed by atoms with van der Waals surface area (Å²) in [5, 5.41) is 2.27. The van der Waals surface area contributed by atoms with Crippen molar-refractivity contribution in [1.29, 1.82) is 0 Å². The number of barbiturate groups is 1. The topological polar surface area (TPSA) is 71.4 Å². The zero-order valence-corrected chi connectivity index (χ0v) is 17.9. The maximum absolute atomic E-state index is 13.1. The highest BCUT2D eigenvalue weighted by molar-refractivity contribution is 6.39. The summed E-state index contributed by atoms with van der Waals surface area (Å²) in [7, 11) is 0. The van der Waals surface area contributed by atoms with Gasteiger partial charge in [-0.3, -0.25) is 14.9 Å². The van der Waals surface area contributed by atoms with E-state index in [1.165, 1.54) is 5.56 Å². The van der Waals surface area contributed by atoms with Gasteiger partial charge >= 0.3 is 6.03 Å². The van der Waals surface area contributed by atoms with Gasteiger partial charge in [0.1, 0.15) is 5.57 Å². The predicted molar refractivity (Wildman–Crippen MR) is 120 cm³/mol. The van der Waals surface area contributed by atoms with Crippen LogP contribution in [-0.2, 0) is 9.59 Å². The fraction of sp³-hybridized carbons (Fsp3) is 0.160. The molecule has 6 nitrogen and oxygen atoms in total. The lowest BCUT2D eigenvalue weighted by Gasteiger charge is -2.26. The minimum Gasteiger partial charge on any atom is -0.318 e. The summed E-state index contributed by atoms with van der Waals surface area (Å²) in [4.78, 5) is 39.0. The number of nitrogens with zero attached hydrogens (tertiary/aromatic N) is 2. The molecule has 0 unspecified atom stereocenters. The van der Waals surface area contributed by atoms with Gasteiger partial charge in [-0.05, 0) is 69.7 Å². The van der Waals surface area contributed by atoms with E-state index in [0.29, 0.717) is 5.69 Å². The second kappa shape index (κ2) is 7.72. The number of carbonyl (C=O) groups is 3. The molecule has 31 heavy (non-hydrogen) atoms. The van der Waals surface area contributed by atoms with Crippen molar-refractivity contribution in [2.75, 3.05) is 4.90 Å². The van der Waals surface area contributed by atoms with E-state index in [2.05, 4.69) is 9.88 Å². The van der Waals surface area contributed by atoms with Gasteiger partial charge in [0.2, 0.25) is 0 Å². The van der Waals surface area contributed by atoms with Crippen molar-refractivity contribution >= 4 is 29.6 Å². The molecule has 2 aromatic carbocycles. The Bertz CT molecular complexity index is 1230. The third-order valence-electron chi connectivity index (χ3n) is 5.46. The number of aryl methyl sites for hydroxylation is 3. The largest absolute Gasteiger partial charge is 0.335 e. The SMILES string of the molecule is Cc1ccc(N2C(=O)NC(=O)C(=Cc3cc(C)n(-c4ccc(C)cc4)c3C)C2=O)cc1. The first-order valence-corrected chi connectivity index (χ1v) is 10.0. The zero-order chi connectivity index (χ0) is 22.3. The second-order valence-corrected chi connectivity index (χ2v) is 7.79. The van der Waals surface area contributed by atoms with Crippen LogP contribution in [0.25, 0.3) is 11.8 Å². The van der Waals surface area contributed by atoms with E-state index in [-0.39, 0.29) is 5.57 Å². The average Bonchev–Trinajstić information content (AvgIpc) is 3.00. The molecule has 0 aliphatic carbocycles. The first kappa shape index (κ1) is 20.3. The van der Waals surface area contributed by atoms with Crippen LogP contribution in [0.15, 0.2) is 60.2 Å². The van der Waals surface area contributed by atoms with Gasteiger partial charge in [-0.1, -0.05) is 35.4 Å². The maximum Gasteiger partial charge on any atom is 0.335 e. The van der Waals surface area contributed by atoms with E-state index in [1.54, 1.807) is 18.2 Å². The third kappa shape index (κ3) is 3.68. The standard InChI is InChI=1S/C25H23N3O3/c1-15-5-9-20(10-6-15)27-17(3)13-19(18(27)4)14-22-23(29)26-25(31)28(24(22)30)21-11-7-16(2)8-12-21/h5-14H,1-4H3,(H,26,29,31). The Morgan fingerprint density at radius 1 is 0.774 bits per heavy atom. The highest BCUT2D eigenvalue weighted by Crippen LogP contribution is 2.26. The Morgan fingerprint density at radius 3 is 1.90 bits per heavy atom. The van der Waals surface area contributed by atoms with E-state index < -0.39 is 17.8 Å². The van der Waals surface area contributed by atoms with E-state index in [9.17, 15) is 14.4 Å². The van der Waals surface area contributed by atoms with Crippen LogP contribution in [-0.4, -0.2) is 22.4 Å². The number of hydrogen-bond donors (Lipinski definition) is 1. The number of rotatable bonds is 3. The summed E-state index contributed by atoms with van der Waals surface area (Å²) >= 11 is 0. The van der Waals surface area contributed by atoms with Crippen LogP contribution in [0, 0.1) is 27.7 Å². The molecule has 4 rings (SSSR count). The van der Waals surface area contributed by atoms with Gasteiger partial charge in [0, 0.05) is 17.1 Å². The van der Waals surface area contributed by atoms with Gasteiger partial charge in [-0.25, -0.2) is 9.69 Å². The minimum absolute atomic E-state index is 0.0793. The molecule has 0 spiro atoms. The maximum atomic E-state index is 13.1. The Balaban J connectivity index is 1.75. The van der Waals surface area contributed by atoms with Crippen molar-refractivity contribution < 1.29 is 14.4 Å². The number of anilines is 1. The fourth-order valence-corrected chi connectivity index (χ4v) is 3.77. The first-order chi connectivity index (χ1) is 14.8. The van der Waals surface area contributed by atoms with Gasteiger partial charge in [0.05, 0.1) is 5.69 Å². The van der Waals surface area contributed by atoms with Crippen LogP contribution in [0.5, 0.6) is 0 Å². The number of benzene rings is 2. The molecule has 1 saturated heterocycles. The number of nitrogens with one attached hydrogen (secondary N) is 1. The van der Waals surface area contributed by atoms with E-state index >= 15 is 0 Å². The molecule has 0 atom stereocenters. The lowest BCUT2D eigenvalue weighted by molar-refractivity contribution is -0.122. The number of hydrogen-bond acceptors (Lipinski definition) is 3. The summed E-state index contributed by atoms with van der Waals surface area (Å²) in [5.41, 5.74) is 6.12. The second-order valence-electron chi connectivity index (χ2n) is 7.79. The van der Waals surface area contributed by atoms with Crippen LogP contribution in [0.3, 0.4) is 0 Å². The zero-order valence-electron chi connectivity index (χ0n) is 17.9. The Morgan fingerprint density at radius 2 is 1.32 bits per heavy atom. The van der Waals surface area contributed by atoms with Crippen LogP contribution >= 0.6 is 0 Å². The molecular formula is C25H23N3O3. The highest BCUT2D eigenvalue weighted by Gasteiger charge is 2.37. The predicted octanol–water partition coefficient (Wildman–Crippen LogP) is 4.38. The van der Waals surface area contributed by atoms with Crippen LogP contribution in [0.4, 0.5) is 10.5 Å². The lowest BCUT2D eigenvalue weighted by Crippen LogP contribution is -2.54. The molecule has 1 aromatic heterocycles. The molecule has 1 N–H and O–H groups in total. The number of imide groups is 2. The van der Waals surface area contributed by atoms with Crippen molar-refractivity contribution in [2.24, 2.45) is 0 Å². The molecule has 6 heteroatoms. The smallest absolute Gasteiger partial charge is 0.318 e. The molecule has 0 radical (unpaired) electrons. The van der Waals surface area contributed by atoms with E-state index in [1.807, 2.05) is 70.2 Å². The van der Waals surface area contributed by atoms with E-state index in [0.717, 1.165) is 33.1 Å². The molecule has 1 aliphatic rings. The quantitative estimate of drug-likeness (QED) is 0.512.